The summed E-state index contributed by atoms with van der Waals surface area (Å²) in [5.74, 6) is -0.911. The van der Waals surface area contributed by atoms with Crippen LogP contribution in [0, 0.1) is 0 Å². The average molecular weight is 327 g/mol. The molecule has 0 atom stereocenters. The van der Waals surface area contributed by atoms with Crippen LogP contribution in [0.4, 0.5) is 10.8 Å². The Kier molecular flexibility index (Phi) is 3.51. The topological polar surface area (TPSA) is 88.0 Å². The molecule has 0 bridgehead atoms. The Balaban J connectivity index is 1.92. The molecule has 3 rings (SSSR count). The Morgan fingerprint density at radius 1 is 1.40 bits per heavy atom. The summed E-state index contributed by atoms with van der Waals surface area (Å²) < 4.78 is 8.34. The number of aromatic nitrogens is 3. The lowest BCUT2D eigenvalue weighted by atomic mass is 10.2. The van der Waals surface area contributed by atoms with E-state index in [1.165, 1.54) is 11.3 Å². The molecule has 0 aliphatic heterocycles. The van der Waals surface area contributed by atoms with Gasteiger partial charge in [-0.1, -0.05) is 11.6 Å². The van der Waals surface area contributed by atoms with Crippen LogP contribution in [-0.4, -0.2) is 24.8 Å². The highest BCUT2D eigenvalue weighted by molar-refractivity contribution is 7.13. The van der Waals surface area contributed by atoms with Crippen LogP contribution in [0.5, 0.6) is 0 Å². The Bertz CT molecular complexity index is 786. The first kappa shape index (κ1) is 13.2. The van der Waals surface area contributed by atoms with Gasteiger partial charge in [-0.2, -0.15) is 8.75 Å². The van der Waals surface area contributed by atoms with Crippen LogP contribution < -0.4 is 5.32 Å². The fraction of sp³-hybridized carbons (Fsp3) is 0.0909. The standard InChI is InChI=1S/C11H7ClN4O2S2/c12-6-1-2-7-10(16-20-15-7)9(6)14-11-13-5(4-19-11)3-8(17)18/h1-2,4H,3H2,(H,13,14)(H,17,18). The van der Waals surface area contributed by atoms with Crippen molar-refractivity contribution >= 4 is 62.5 Å². The molecule has 1 aromatic carbocycles. The van der Waals surface area contributed by atoms with Crippen LogP contribution in [-0.2, 0) is 11.2 Å². The van der Waals surface area contributed by atoms with Crippen molar-refractivity contribution in [3.8, 4) is 0 Å². The first-order chi connectivity index (χ1) is 9.63. The average Bonchev–Trinajstić information content (AvgIpc) is 3.01. The summed E-state index contributed by atoms with van der Waals surface area (Å²) in [6, 6.07) is 3.53. The third-order valence-electron chi connectivity index (χ3n) is 2.49. The van der Waals surface area contributed by atoms with Crippen molar-refractivity contribution in [3.05, 3.63) is 28.2 Å². The molecule has 6 nitrogen and oxygen atoms in total. The van der Waals surface area contributed by atoms with Gasteiger partial charge in [-0.3, -0.25) is 4.79 Å². The van der Waals surface area contributed by atoms with Crippen LogP contribution in [0.3, 0.4) is 0 Å². The molecule has 0 spiro atoms. The van der Waals surface area contributed by atoms with Gasteiger partial charge in [0.1, 0.15) is 11.0 Å². The number of thiazole rings is 1. The summed E-state index contributed by atoms with van der Waals surface area (Å²) in [5, 5.41) is 14.6. The van der Waals surface area contributed by atoms with E-state index in [4.69, 9.17) is 16.7 Å². The van der Waals surface area contributed by atoms with Crippen LogP contribution in [0.25, 0.3) is 11.0 Å². The summed E-state index contributed by atoms with van der Waals surface area (Å²) in [4.78, 5) is 14.8. The molecule has 0 unspecified atom stereocenters. The van der Waals surface area contributed by atoms with E-state index in [2.05, 4.69) is 19.0 Å². The first-order valence-electron chi connectivity index (χ1n) is 5.47. The van der Waals surface area contributed by atoms with Gasteiger partial charge in [0.2, 0.25) is 0 Å². The number of carboxylic acids is 1. The molecule has 0 saturated carbocycles. The van der Waals surface area contributed by atoms with Gasteiger partial charge in [0.25, 0.3) is 0 Å². The number of aliphatic carboxylic acids is 1. The van der Waals surface area contributed by atoms with E-state index in [0.717, 1.165) is 17.2 Å². The number of nitrogens with zero attached hydrogens (tertiary/aromatic N) is 3. The zero-order valence-electron chi connectivity index (χ0n) is 9.83. The van der Waals surface area contributed by atoms with Gasteiger partial charge in [-0.05, 0) is 12.1 Å². The number of carbonyl (C=O) groups is 1. The first-order valence-corrected chi connectivity index (χ1v) is 7.46. The van der Waals surface area contributed by atoms with Gasteiger partial charge in [0, 0.05) is 5.38 Å². The van der Waals surface area contributed by atoms with Crippen molar-refractivity contribution in [2.45, 2.75) is 6.42 Å². The number of fused-ring (bicyclic) bond motifs is 1. The quantitative estimate of drug-likeness (QED) is 0.765. The lowest BCUT2D eigenvalue weighted by Crippen LogP contribution is -2.00. The van der Waals surface area contributed by atoms with E-state index in [9.17, 15) is 4.79 Å². The van der Waals surface area contributed by atoms with E-state index in [1.807, 2.05) is 0 Å². The summed E-state index contributed by atoms with van der Waals surface area (Å²) >= 11 is 8.58. The highest BCUT2D eigenvalue weighted by Crippen LogP contribution is 2.33. The summed E-state index contributed by atoms with van der Waals surface area (Å²) in [6.07, 6.45) is -0.103. The van der Waals surface area contributed by atoms with Crippen LogP contribution >= 0.6 is 34.7 Å². The highest BCUT2D eigenvalue weighted by Gasteiger charge is 2.12. The number of halogens is 1. The van der Waals surface area contributed by atoms with Gasteiger partial charge < -0.3 is 10.4 Å². The third kappa shape index (κ3) is 2.58. The lowest BCUT2D eigenvalue weighted by Gasteiger charge is -2.05. The van der Waals surface area contributed by atoms with Gasteiger partial charge in [-0.25, -0.2) is 4.98 Å². The second-order valence-corrected chi connectivity index (χ2v) is 5.69. The number of carboxylic acid groups (broad SMARTS) is 1. The monoisotopic (exact) mass is 326 g/mol. The Morgan fingerprint density at radius 2 is 2.25 bits per heavy atom. The molecular formula is C11H7ClN4O2S2. The van der Waals surface area contributed by atoms with E-state index < -0.39 is 5.97 Å². The van der Waals surface area contributed by atoms with Crippen molar-refractivity contribution in [1.29, 1.82) is 0 Å². The van der Waals surface area contributed by atoms with Gasteiger partial charge in [-0.15, -0.1) is 11.3 Å². The van der Waals surface area contributed by atoms with Crippen molar-refractivity contribution < 1.29 is 9.90 Å². The normalized spacial score (nSPS) is 10.8. The second-order valence-electron chi connectivity index (χ2n) is 3.89. The summed E-state index contributed by atoms with van der Waals surface area (Å²) in [6.45, 7) is 0. The molecule has 9 heteroatoms. The minimum atomic E-state index is -0.911. The zero-order chi connectivity index (χ0) is 14.1. The molecule has 2 heterocycles. The Morgan fingerprint density at radius 3 is 3.05 bits per heavy atom. The van der Waals surface area contributed by atoms with Crippen molar-refractivity contribution in [2.75, 3.05) is 5.32 Å². The molecule has 102 valence electrons. The summed E-state index contributed by atoms with van der Waals surface area (Å²) in [7, 11) is 0. The maximum absolute atomic E-state index is 10.6. The molecule has 2 aromatic heterocycles. The fourth-order valence-electron chi connectivity index (χ4n) is 1.65. The molecule has 3 aromatic rings. The Hall–Kier alpha value is -1.77. The number of anilines is 2. The lowest BCUT2D eigenvalue weighted by molar-refractivity contribution is -0.136. The fourth-order valence-corrected chi connectivity index (χ4v) is 3.11. The predicted molar refractivity (Wildman–Crippen MR) is 79.2 cm³/mol. The zero-order valence-corrected chi connectivity index (χ0v) is 12.2. The molecule has 2 N–H and O–H groups in total. The minimum absolute atomic E-state index is 0.103. The Labute approximate surface area is 126 Å². The van der Waals surface area contributed by atoms with Crippen LogP contribution in [0.2, 0.25) is 5.02 Å². The second kappa shape index (κ2) is 5.31. The van der Waals surface area contributed by atoms with Gasteiger partial charge in [0.15, 0.2) is 5.13 Å². The molecule has 0 fully saturated rings. The van der Waals surface area contributed by atoms with E-state index in [-0.39, 0.29) is 6.42 Å². The van der Waals surface area contributed by atoms with Crippen LogP contribution in [0.1, 0.15) is 5.69 Å². The molecule has 0 aliphatic carbocycles. The maximum atomic E-state index is 10.6. The van der Waals surface area contributed by atoms with Crippen molar-refractivity contribution in [1.82, 2.24) is 13.7 Å². The van der Waals surface area contributed by atoms with Gasteiger partial charge >= 0.3 is 5.97 Å². The molecular weight excluding hydrogens is 320 g/mol. The molecule has 0 amide bonds. The van der Waals surface area contributed by atoms with Crippen molar-refractivity contribution in [2.24, 2.45) is 0 Å². The number of nitrogens with one attached hydrogen (secondary N) is 1. The van der Waals surface area contributed by atoms with Crippen molar-refractivity contribution in [3.63, 3.8) is 0 Å². The number of hydrogen-bond donors (Lipinski definition) is 2. The van der Waals surface area contributed by atoms with E-state index in [1.54, 1.807) is 17.5 Å². The number of rotatable bonds is 4. The smallest absolute Gasteiger partial charge is 0.309 e. The predicted octanol–water partition coefficient (Wildman–Crippen LogP) is 3.17. The van der Waals surface area contributed by atoms with Gasteiger partial charge in [0.05, 0.1) is 34.6 Å². The summed E-state index contributed by atoms with van der Waals surface area (Å²) in [5.41, 5.74) is 2.57. The largest absolute Gasteiger partial charge is 0.481 e. The molecule has 0 saturated heterocycles. The number of hydrogen-bond acceptors (Lipinski definition) is 7. The molecule has 20 heavy (non-hydrogen) atoms. The van der Waals surface area contributed by atoms with Crippen LogP contribution in [0.15, 0.2) is 17.5 Å². The number of benzene rings is 1. The minimum Gasteiger partial charge on any atom is -0.481 e. The maximum Gasteiger partial charge on any atom is 0.309 e. The molecule has 0 radical (unpaired) electrons. The van der Waals surface area contributed by atoms with E-state index in [0.29, 0.717) is 27.1 Å². The highest BCUT2D eigenvalue weighted by atomic mass is 35.5. The molecule has 0 aliphatic rings. The SMILES string of the molecule is O=C(O)Cc1csc(Nc2c(Cl)ccc3nsnc23)n1. The van der Waals surface area contributed by atoms with E-state index >= 15 is 0 Å². The third-order valence-corrected chi connectivity index (χ3v) is 4.16.